The third-order valence-electron chi connectivity index (χ3n) is 5.73. The van der Waals surface area contributed by atoms with Gasteiger partial charge in [-0.2, -0.15) is 0 Å². The lowest BCUT2D eigenvalue weighted by molar-refractivity contribution is -0.125. The molecule has 1 aliphatic rings. The van der Waals surface area contributed by atoms with Gasteiger partial charge in [0.1, 0.15) is 23.8 Å². The van der Waals surface area contributed by atoms with Crippen molar-refractivity contribution in [1.29, 1.82) is 0 Å². The summed E-state index contributed by atoms with van der Waals surface area (Å²) in [5.74, 6) is 1.29. The fourth-order valence-corrected chi connectivity index (χ4v) is 5.40. The van der Waals surface area contributed by atoms with Crippen molar-refractivity contribution in [2.45, 2.75) is 31.9 Å². The van der Waals surface area contributed by atoms with Crippen molar-refractivity contribution in [2.24, 2.45) is 5.92 Å². The van der Waals surface area contributed by atoms with Gasteiger partial charge in [-0.15, -0.1) is 11.8 Å². The summed E-state index contributed by atoms with van der Waals surface area (Å²) in [5, 5.41) is 3.28. The number of carbonyl (C=O) groups excluding carboxylic acids is 2. The fourth-order valence-electron chi connectivity index (χ4n) is 3.85. The summed E-state index contributed by atoms with van der Waals surface area (Å²) in [6.45, 7) is 5.15. The number of benzene rings is 3. The summed E-state index contributed by atoms with van der Waals surface area (Å²) in [4.78, 5) is 28.3. The highest BCUT2D eigenvalue weighted by Crippen LogP contribution is 2.42. The highest BCUT2D eigenvalue weighted by Gasteiger charge is 2.42. The molecular weight excluding hydrogens is 480 g/mol. The van der Waals surface area contributed by atoms with Crippen molar-refractivity contribution >= 4 is 35.2 Å². The molecule has 182 valence electrons. The Morgan fingerprint density at radius 1 is 1.03 bits per heavy atom. The zero-order valence-corrected chi connectivity index (χ0v) is 21.4. The molecule has 0 aliphatic carbocycles. The number of ether oxygens (including phenoxy) is 1. The first kappa shape index (κ1) is 25.1. The molecule has 3 aromatic rings. The van der Waals surface area contributed by atoms with Crippen molar-refractivity contribution in [3.8, 4) is 5.75 Å². The molecule has 35 heavy (non-hydrogen) atoms. The van der Waals surface area contributed by atoms with Crippen LogP contribution in [0.4, 0.5) is 0 Å². The van der Waals surface area contributed by atoms with Crippen LogP contribution < -0.4 is 10.1 Å². The van der Waals surface area contributed by atoms with Gasteiger partial charge >= 0.3 is 0 Å². The maximum absolute atomic E-state index is 13.6. The third kappa shape index (κ3) is 6.38. The zero-order valence-electron chi connectivity index (χ0n) is 19.8. The van der Waals surface area contributed by atoms with Gasteiger partial charge in [0.05, 0.1) is 0 Å². The van der Waals surface area contributed by atoms with E-state index in [2.05, 4.69) is 5.32 Å². The van der Waals surface area contributed by atoms with Crippen LogP contribution in [0.2, 0.25) is 5.02 Å². The number of rotatable bonds is 8. The number of nitrogens with one attached hydrogen (secondary N) is 1. The number of hydrogen-bond donors (Lipinski definition) is 1. The van der Waals surface area contributed by atoms with E-state index in [4.69, 9.17) is 16.3 Å². The van der Waals surface area contributed by atoms with Crippen molar-refractivity contribution < 1.29 is 14.3 Å². The van der Waals surface area contributed by atoms with Crippen LogP contribution in [0.1, 0.15) is 40.7 Å². The molecule has 2 amide bonds. The molecule has 3 aromatic carbocycles. The molecule has 7 heteroatoms. The molecule has 0 aromatic heterocycles. The van der Waals surface area contributed by atoms with Gasteiger partial charge in [-0.05, 0) is 53.4 Å². The minimum atomic E-state index is -0.555. The molecule has 2 atom stereocenters. The molecule has 0 saturated carbocycles. The van der Waals surface area contributed by atoms with E-state index >= 15 is 0 Å². The summed E-state index contributed by atoms with van der Waals surface area (Å²) in [5.41, 5.74) is 2.55. The van der Waals surface area contributed by atoms with Gasteiger partial charge in [-0.1, -0.05) is 67.9 Å². The second-order valence-corrected chi connectivity index (χ2v) is 10.5. The first-order chi connectivity index (χ1) is 16.9. The minimum absolute atomic E-state index is 0.126. The lowest BCUT2D eigenvalue weighted by atomic mass is 10.1. The summed E-state index contributed by atoms with van der Waals surface area (Å²) >= 11 is 7.62. The van der Waals surface area contributed by atoms with Crippen LogP contribution >= 0.6 is 23.4 Å². The fraction of sp³-hybridized carbons (Fsp3) is 0.286. The Morgan fingerprint density at radius 2 is 1.71 bits per heavy atom. The van der Waals surface area contributed by atoms with Crippen molar-refractivity contribution in [2.75, 3.05) is 12.3 Å². The van der Waals surface area contributed by atoms with E-state index in [0.717, 1.165) is 16.9 Å². The van der Waals surface area contributed by atoms with Gasteiger partial charge in [0.2, 0.25) is 5.91 Å². The Morgan fingerprint density at radius 3 is 2.37 bits per heavy atom. The molecular formula is C28H29ClN2O3S. The lowest BCUT2D eigenvalue weighted by Gasteiger charge is -2.29. The molecule has 1 fully saturated rings. The number of nitrogens with zero attached hydrogens (tertiary/aromatic N) is 1. The highest BCUT2D eigenvalue weighted by molar-refractivity contribution is 7.99. The molecule has 1 heterocycles. The second kappa shape index (κ2) is 11.6. The van der Waals surface area contributed by atoms with Crippen LogP contribution in [0.3, 0.4) is 0 Å². The normalized spacial score (nSPS) is 17.4. The SMILES string of the molecule is CC(C)CNC(=O)C1CSC(c2ccc(OCc3ccccc3)cc2)N1C(=O)c1ccc(Cl)cc1. The third-order valence-corrected chi connectivity index (χ3v) is 7.30. The summed E-state index contributed by atoms with van der Waals surface area (Å²) in [6, 6.07) is 24.0. The standard InChI is InChI=1S/C28H29ClN2O3S/c1-19(2)16-30-26(32)25-18-35-28(31(25)27(33)21-8-12-23(29)13-9-21)22-10-14-24(15-11-22)34-17-20-6-4-3-5-7-20/h3-15,19,25,28H,16-18H2,1-2H3,(H,30,32). The number of carbonyl (C=O) groups is 2. The van der Waals surface area contributed by atoms with Gasteiger partial charge in [0.15, 0.2) is 0 Å². The highest BCUT2D eigenvalue weighted by atomic mass is 35.5. The first-order valence-electron chi connectivity index (χ1n) is 11.7. The Balaban J connectivity index is 1.54. The minimum Gasteiger partial charge on any atom is -0.489 e. The number of amides is 2. The Hall–Kier alpha value is -2.96. The average molecular weight is 509 g/mol. The van der Waals surface area contributed by atoms with Gasteiger partial charge in [-0.25, -0.2) is 0 Å². The van der Waals surface area contributed by atoms with Crippen LogP contribution in [0, 0.1) is 5.92 Å². The molecule has 0 radical (unpaired) electrons. The summed E-state index contributed by atoms with van der Waals surface area (Å²) < 4.78 is 5.91. The predicted octanol–water partition coefficient (Wildman–Crippen LogP) is 5.95. The quantitative estimate of drug-likeness (QED) is 0.408. The maximum atomic E-state index is 13.6. The molecule has 1 saturated heterocycles. The first-order valence-corrected chi connectivity index (χ1v) is 13.1. The number of hydrogen-bond acceptors (Lipinski definition) is 4. The Kier molecular flexibility index (Phi) is 8.37. The van der Waals surface area contributed by atoms with Crippen molar-refractivity contribution in [1.82, 2.24) is 10.2 Å². The van der Waals surface area contributed by atoms with Crippen molar-refractivity contribution in [3.05, 3.63) is 101 Å². The van der Waals surface area contributed by atoms with Crippen LogP contribution in [0.5, 0.6) is 5.75 Å². The molecule has 0 bridgehead atoms. The van der Waals surface area contributed by atoms with Gasteiger partial charge < -0.3 is 15.0 Å². The van der Waals surface area contributed by atoms with Gasteiger partial charge in [-0.3, -0.25) is 9.59 Å². The Labute approximate surface area is 215 Å². The zero-order chi connectivity index (χ0) is 24.8. The topological polar surface area (TPSA) is 58.6 Å². The van der Waals surface area contributed by atoms with E-state index in [1.54, 1.807) is 40.9 Å². The molecule has 1 aliphatic heterocycles. The molecule has 5 nitrogen and oxygen atoms in total. The van der Waals surface area contributed by atoms with Crippen LogP contribution in [0.25, 0.3) is 0 Å². The largest absolute Gasteiger partial charge is 0.489 e. The van der Waals surface area contributed by atoms with Gasteiger partial charge in [0, 0.05) is 22.9 Å². The molecule has 0 spiro atoms. The second-order valence-electron chi connectivity index (χ2n) is 8.90. The number of thioether (sulfide) groups is 1. The number of halogens is 1. The van der Waals surface area contributed by atoms with Crippen LogP contribution in [0.15, 0.2) is 78.9 Å². The molecule has 2 unspecified atom stereocenters. The maximum Gasteiger partial charge on any atom is 0.255 e. The van der Waals surface area contributed by atoms with Crippen LogP contribution in [-0.2, 0) is 11.4 Å². The van der Waals surface area contributed by atoms with E-state index in [1.165, 1.54) is 0 Å². The smallest absolute Gasteiger partial charge is 0.255 e. The molecule has 4 rings (SSSR count). The van der Waals surface area contributed by atoms with Crippen molar-refractivity contribution in [3.63, 3.8) is 0 Å². The monoisotopic (exact) mass is 508 g/mol. The van der Waals surface area contributed by atoms with E-state index in [9.17, 15) is 9.59 Å². The molecule has 1 N–H and O–H groups in total. The summed E-state index contributed by atoms with van der Waals surface area (Å²) in [6.07, 6.45) is 0. The summed E-state index contributed by atoms with van der Waals surface area (Å²) in [7, 11) is 0. The lowest BCUT2D eigenvalue weighted by Crippen LogP contribution is -2.48. The van der Waals surface area contributed by atoms with E-state index in [1.807, 2.05) is 68.4 Å². The van der Waals surface area contributed by atoms with Gasteiger partial charge in [0.25, 0.3) is 5.91 Å². The van der Waals surface area contributed by atoms with E-state index < -0.39 is 6.04 Å². The van der Waals surface area contributed by atoms with E-state index in [0.29, 0.717) is 35.4 Å². The van der Waals surface area contributed by atoms with E-state index in [-0.39, 0.29) is 17.2 Å². The van der Waals surface area contributed by atoms with Crippen LogP contribution in [-0.4, -0.2) is 35.1 Å². The Bertz CT molecular complexity index is 1140. The predicted molar refractivity (Wildman–Crippen MR) is 142 cm³/mol. The average Bonchev–Trinajstić information content (AvgIpc) is 3.32.